The lowest BCUT2D eigenvalue weighted by Gasteiger charge is -2.32. The zero-order valence-corrected chi connectivity index (χ0v) is 13.0. The molecule has 1 N–H and O–H groups in total. The average Bonchev–Trinajstić information content (AvgIpc) is 2.53. The number of aliphatic hydroxyl groups is 1. The maximum Gasteiger partial charge on any atom is 0.240 e. The van der Waals surface area contributed by atoms with E-state index in [4.69, 9.17) is 10.4 Å². The molecule has 21 heavy (non-hydrogen) atoms. The molecule has 0 spiro atoms. The average molecular weight is 304 g/mol. The number of piperidine rings is 1. The van der Waals surface area contributed by atoms with Crippen LogP contribution >= 0.6 is 11.8 Å². The summed E-state index contributed by atoms with van der Waals surface area (Å²) in [7, 11) is 0. The van der Waals surface area contributed by atoms with Crippen molar-refractivity contribution in [3.8, 4) is 6.07 Å². The number of rotatable bonds is 5. The molecule has 5 heteroatoms. The van der Waals surface area contributed by atoms with E-state index in [1.165, 1.54) is 0 Å². The maximum absolute atomic E-state index is 12.6. The van der Waals surface area contributed by atoms with E-state index in [2.05, 4.69) is 6.07 Å². The van der Waals surface area contributed by atoms with Crippen LogP contribution in [0.25, 0.3) is 0 Å². The van der Waals surface area contributed by atoms with Crippen LogP contribution in [-0.4, -0.2) is 35.2 Å². The fourth-order valence-electron chi connectivity index (χ4n) is 2.30. The number of thioether (sulfide) groups is 1. The fraction of sp³-hybridized carbons (Fsp3) is 0.500. The molecule has 1 amide bonds. The first-order valence-electron chi connectivity index (χ1n) is 7.19. The first-order chi connectivity index (χ1) is 10.2. The van der Waals surface area contributed by atoms with Gasteiger partial charge in [0.05, 0.1) is 16.9 Å². The number of anilines is 1. The summed E-state index contributed by atoms with van der Waals surface area (Å²) in [5.41, 5.74) is 1.46. The molecule has 112 valence electrons. The van der Waals surface area contributed by atoms with Crippen LogP contribution < -0.4 is 4.90 Å². The highest BCUT2D eigenvalue weighted by atomic mass is 32.2. The van der Waals surface area contributed by atoms with Gasteiger partial charge in [0.25, 0.3) is 0 Å². The summed E-state index contributed by atoms with van der Waals surface area (Å²) in [6.45, 7) is 2.88. The summed E-state index contributed by atoms with van der Waals surface area (Å²) >= 11 is 1.64. The van der Waals surface area contributed by atoms with Crippen LogP contribution in [0.3, 0.4) is 0 Å². The summed E-state index contributed by atoms with van der Waals surface area (Å²) in [5, 5.41) is 17.9. The third-order valence-electron chi connectivity index (χ3n) is 3.59. The van der Waals surface area contributed by atoms with Gasteiger partial charge in [-0.15, -0.1) is 11.8 Å². The SMILES string of the molecule is CC(CO)CSC1CCCN(c2ccc(C#N)cc2)C1=O. The number of nitriles is 1. The molecule has 1 aliphatic heterocycles. The minimum absolute atomic E-state index is 0.0246. The summed E-state index contributed by atoms with van der Waals surface area (Å²) in [5.74, 6) is 1.16. The van der Waals surface area contributed by atoms with Crippen LogP contribution in [0.2, 0.25) is 0 Å². The van der Waals surface area contributed by atoms with Gasteiger partial charge >= 0.3 is 0 Å². The molecule has 2 atom stereocenters. The Morgan fingerprint density at radius 1 is 1.48 bits per heavy atom. The summed E-state index contributed by atoms with van der Waals surface area (Å²) in [4.78, 5) is 14.4. The van der Waals surface area contributed by atoms with E-state index in [1.54, 1.807) is 23.9 Å². The molecule has 1 aliphatic rings. The molecule has 1 saturated heterocycles. The number of aliphatic hydroxyl groups excluding tert-OH is 1. The van der Waals surface area contributed by atoms with Gasteiger partial charge in [-0.3, -0.25) is 4.79 Å². The van der Waals surface area contributed by atoms with Crippen LogP contribution in [0.4, 0.5) is 5.69 Å². The van der Waals surface area contributed by atoms with Crippen LogP contribution in [0.1, 0.15) is 25.3 Å². The lowest BCUT2D eigenvalue weighted by Crippen LogP contribution is -2.43. The molecule has 1 aromatic rings. The second-order valence-electron chi connectivity index (χ2n) is 5.40. The van der Waals surface area contributed by atoms with Crippen molar-refractivity contribution in [3.05, 3.63) is 29.8 Å². The summed E-state index contributed by atoms with van der Waals surface area (Å²) in [6, 6.07) is 9.24. The van der Waals surface area contributed by atoms with Crippen molar-refractivity contribution in [2.45, 2.75) is 25.0 Å². The van der Waals surface area contributed by atoms with Crippen molar-refractivity contribution in [1.82, 2.24) is 0 Å². The monoisotopic (exact) mass is 304 g/mol. The second-order valence-corrected chi connectivity index (χ2v) is 6.64. The molecule has 1 aromatic carbocycles. The van der Waals surface area contributed by atoms with Crippen molar-refractivity contribution in [1.29, 1.82) is 5.26 Å². The molecule has 0 aliphatic carbocycles. The quantitative estimate of drug-likeness (QED) is 0.907. The molecule has 1 fully saturated rings. The molecule has 0 bridgehead atoms. The molecule has 2 unspecified atom stereocenters. The first kappa shape index (κ1) is 15.9. The zero-order chi connectivity index (χ0) is 15.2. The van der Waals surface area contributed by atoms with Crippen molar-refractivity contribution in [3.63, 3.8) is 0 Å². The van der Waals surface area contributed by atoms with Gasteiger partial charge in [-0.2, -0.15) is 5.26 Å². The smallest absolute Gasteiger partial charge is 0.240 e. The van der Waals surface area contributed by atoms with Gasteiger partial charge in [-0.25, -0.2) is 0 Å². The van der Waals surface area contributed by atoms with Crippen molar-refractivity contribution < 1.29 is 9.90 Å². The molecule has 0 saturated carbocycles. The zero-order valence-electron chi connectivity index (χ0n) is 12.2. The van der Waals surface area contributed by atoms with Gasteiger partial charge in [0, 0.05) is 18.8 Å². The predicted molar refractivity (Wildman–Crippen MR) is 85.2 cm³/mol. The highest BCUT2D eigenvalue weighted by Gasteiger charge is 2.30. The lowest BCUT2D eigenvalue weighted by atomic mass is 10.1. The summed E-state index contributed by atoms with van der Waals surface area (Å²) in [6.07, 6.45) is 1.88. The molecular formula is C16H20N2O2S. The topological polar surface area (TPSA) is 64.3 Å². The van der Waals surface area contributed by atoms with Crippen molar-refractivity contribution in [2.75, 3.05) is 23.8 Å². The molecule has 0 aromatic heterocycles. The number of hydrogen-bond acceptors (Lipinski definition) is 4. The van der Waals surface area contributed by atoms with Gasteiger partial charge in [-0.1, -0.05) is 6.92 Å². The van der Waals surface area contributed by atoms with Gasteiger partial charge < -0.3 is 10.0 Å². The molecule has 0 radical (unpaired) electrons. The largest absolute Gasteiger partial charge is 0.396 e. The molecule has 4 nitrogen and oxygen atoms in total. The van der Waals surface area contributed by atoms with E-state index < -0.39 is 0 Å². The molecule has 1 heterocycles. The number of carbonyl (C=O) groups excluding carboxylic acids is 1. The van der Waals surface area contributed by atoms with Gasteiger partial charge in [0.15, 0.2) is 0 Å². The number of carbonyl (C=O) groups is 1. The van der Waals surface area contributed by atoms with Crippen molar-refractivity contribution >= 4 is 23.4 Å². The predicted octanol–water partition coefficient (Wildman–Crippen LogP) is 2.42. The Bertz CT molecular complexity index is 524. The Morgan fingerprint density at radius 2 is 2.19 bits per heavy atom. The van der Waals surface area contributed by atoms with E-state index >= 15 is 0 Å². The normalized spacial score (nSPS) is 20.1. The highest BCUT2D eigenvalue weighted by molar-refractivity contribution is 8.00. The van der Waals surface area contributed by atoms with E-state index in [0.29, 0.717) is 5.56 Å². The Labute approximate surface area is 129 Å². The van der Waals surface area contributed by atoms with E-state index in [1.807, 2.05) is 24.0 Å². The van der Waals surface area contributed by atoms with E-state index in [9.17, 15) is 4.79 Å². The first-order valence-corrected chi connectivity index (χ1v) is 8.24. The fourth-order valence-corrected chi connectivity index (χ4v) is 3.57. The number of hydrogen-bond donors (Lipinski definition) is 1. The van der Waals surface area contributed by atoms with Crippen LogP contribution in [0.5, 0.6) is 0 Å². The van der Waals surface area contributed by atoms with Crippen LogP contribution in [0, 0.1) is 17.2 Å². The summed E-state index contributed by atoms with van der Waals surface area (Å²) < 4.78 is 0. The lowest BCUT2D eigenvalue weighted by molar-refractivity contribution is -0.119. The number of benzene rings is 1. The number of amides is 1. The van der Waals surface area contributed by atoms with E-state index in [-0.39, 0.29) is 23.7 Å². The van der Waals surface area contributed by atoms with Crippen molar-refractivity contribution in [2.24, 2.45) is 5.92 Å². The van der Waals surface area contributed by atoms with Crippen LogP contribution in [0.15, 0.2) is 24.3 Å². The third-order valence-corrected chi connectivity index (χ3v) is 5.19. The van der Waals surface area contributed by atoms with Gasteiger partial charge in [0.1, 0.15) is 0 Å². The second kappa shape index (κ2) is 7.48. The van der Waals surface area contributed by atoms with Gasteiger partial charge in [-0.05, 0) is 48.8 Å². The standard InChI is InChI=1S/C16H20N2O2S/c1-12(10-19)11-21-15-3-2-8-18(16(15)20)14-6-4-13(9-17)5-7-14/h4-7,12,15,19H,2-3,8,10-11H2,1H3. The Hall–Kier alpha value is -1.51. The number of nitrogens with zero attached hydrogens (tertiary/aromatic N) is 2. The van der Waals surface area contributed by atoms with Gasteiger partial charge in [0.2, 0.25) is 5.91 Å². The third kappa shape index (κ3) is 3.99. The van der Waals surface area contributed by atoms with Crippen LogP contribution in [-0.2, 0) is 4.79 Å². The van der Waals surface area contributed by atoms with E-state index in [0.717, 1.165) is 30.8 Å². The Kier molecular flexibility index (Phi) is 5.66. The highest BCUT2D eigenvalue weighted by Crippen LogP contribution is 2.29. The molecule has 2 rings (SSSR count). The Balaban J connectivity index is 2.03. The maximum atomic E-state index is 12.6. The Morgan fingerprint density at radius 3 is 2.81 bits per heavy atom. The minimum Gasteiger partial charge on any atom is -0.396 e. The minimum atomic E-state index is -0.0246. The molecular weight excluding hydrogens is 284 g/mol.